The van der Waals surface area contributed by atoms with Crippen LogP contribution in [-0.4, -0.2) is 16.0 Å². The standard InChI is InChI=1S/C14H13N3O2S/c1-7-4-5-11-12(9(7)3)15-14(20-11)16-13(18)10-6-8(2)19-17-10/h4-6H,1-3H3,(H,15,16,18). The molecule has 0 aliphatic rings. The Labute approximate surface area is 119 Å². The van der Waals surface area contributed by atoms with Gasteiger partial charge in [-0.2, -0.15) is 0 Å². The van der Waals surface area contributed by atoms with E-state index >= 15 is 0 Å². The number of thiazole rings is 1. The number of amides is 1. The van der Waals surface area contributed by atoms with Crippen LogP contribution in [0.15, 0.2) is 22.7 Å². The number of aryl methyl sites for hydroxylation is 3. The first-order chi connectivity index (χ1) is 9.54. The van der Waals surface area contributed by atoms with Crippen LogP contribution in [0.1, 0.15) is 27.4 Å². The normalized spacial score (nSPS) is 10.9. The van der Waals surface area contributed by atoms with Gasteiger partial charge in [0.05, 0.1) is 10.2 Å². The van der Waals surface area contributed by atoms with Gasteiger partial charge < -0.3 is 4.52 Å². The molecule has 0 saturated heterocycles. The van der Waals surface area contributed by atoms with Gasteiger partial charge in [-0.25, -0.2) is 4.98 Å². The molecule has 0 aliphatic heterocycles. The van der Waals surface area contributed by atoms with Crippen molar-refractivity contribution in [1.82, 2.24) is 10.1 Å². The first kappa shape index (κ1) is 12.8. The minimum Gasteiger partial charge on any atom is -0.361 e. The maximum atomic E-state index is 12.0. The van der Waals surface area contributed by atoms with E-state index in [1.807, 2.05) is 19.9 Å². The van der Waals surface area contributed by atoms with Gasteiger partial charge in [0, 0.05) is 6.07 Å². The number of hydrogen-bond acceptors (Lipinski definition) is 5. The van der Waals surface area contributed by atoms with E-state index in [1.165, 1.54) is 16.9 Å². The number of anilines is 1. The number of nitrogens with zero attached hydrogens (tertiary/aromatic N) is 2. The molecule has 0 fully saturated rings. The lowest BCUT2D eigenvalue weighted by Crippen LogP contribution is -2.11. The molecular weight excluding hydrogens is 274 g/mol. The van der Waals surface area contributed by atoms with Gasteiger partial charge in [-0.05, 0) is 38.0 Å². The highest BCUT2D eigenvalue weighted by Gasteiger charge is 2.14. The number of hydrogen-bond donors (Lipinski definition) is 1. The molecule has 1 N–H and O–H groups in total. The number of aromatic nitrogens is 2. The number of carbonyl (C=O) groups excluding carboxylic acids is 1. The molecule has 3 rings (SSSR count). The fourth-order valence-corrected chi connectivity index (χ4v) is 2.83. The second-order valence-corrected chi connectivity index (χ2v) is 5.68. The Morgan fingerprint density at radius 2 is 2.10 bits per heavy atom. The Morgan fingerprint density at radius 3 is 2.80 bits per heavy atom. The first-order valence-electron chi connectivity index (χ1n) is 6.16. The topological polar surface area (TPSA) is 68.0 Å². The third-order valence-corrected chi connectivity index (χ3v) is 4.10. The summed E-state index contributed by atoms with van der Waals surface area (Å²) in [6, 6.07) is 5.67. The van der Waals surface area contributed by atoms with Crippen molar-refractivity contribution < 1.29 is 9.32 Å². The van der Waals surface area contributed by atoms with E-state index in [0.29, 0.717) is 10.9 Å². The molecular formula is C14H13N3O2S. The molecule has 0 saturated carbocycles. The smallest absolute Gasteiger partial charge is 0.279 e. The summed E-state index contributed by atoms with van der Waals surface area (Å²) in [5.41, 5.74) is 3.51. The van der Waals surface area contributed by atoms with Gasteiger partial charge in [-0.1, -0.05) is 22.6 Å². The van der Waals surface area contributed by atoms with Gasteiger partial charge in [0.15, 0.2) is 10.8 Å². The minimum atomic E-state index is -0.310. The van der Waals surface area contributed by atoms with Crippen LogP contribution in [0.3, 0.4) is 0 Å². The monoisotopic (exact) mass is 287 g/mol. The number of rotatable bonds is 2. The van der Waals surface area contributed by atoms with Crippen LogP contribution in [0.25, 0.3) is 10.2 Å². The van der Waals surface area contributed by atoms with Crippen LogP contribution in [0.2, 0.25) is 0 Å². The molecule has 5 nitrogen and oxygen atoms in total. The SMILES string of the molecule is Cc1cc(C(=O)Nc2nc3c(C)c(C)ccc3s2)no1. The Kier molecular flexibility index (Phi) is 3.02. The molecule has 1 aromatic carbocycles. The summed E-state index contributed by atoms with van der Waals surface area (Å²) >= 11 is 1.45. The van der Waals surface area contributed by atoms with E-state index in [4.69, 9.17) is 4.52 Å². The van der Waals surface area contributed by atoms with Crippen LogP contribution >= 0.6 is 11.3 Å². The zero-order chi connectivity index (χ0) is 14.3. The maximum Gasteiger partial charge on any atom is 0.279 e. The van der Waals surface area contributed by atoms with Crippen molar-refractivity contribution in [1.29, 1.82) is 0 Å². The van der Waals surface area contributed by atoms with Crippen molar-refractivity contribution in [2.45, 2.75) is 20.8 Å². The van der Waals surface area contributed by atoms with Crippen LogP contribution in [0, 0.1) is 20.8 Å². The molecule has 2 heterocycles. The largest absolute Gasteiger partial charge is 0.361 e. The van der Waals surface area contributed by atoms with E-state index in [-0.39, 0.29) is 11.6 Å². The lowest BCUT2D eigenvalue weighted by molar-refractivity contribution is 0.101. The third kappa shape index (κ3) is 2.18. The fraction of sp³-hybridized carbons (Fsp3) is 0.214. The van der Waals surface area contributed by atoms with Gasteiger partial charge >= 0.3 is 0 Å². The zero-order valence-electron chi connectivity index (χ0n) is 11.4. The van der Waals surface area contributed by atoms with Crippen LogP contribution < -0.4 is 5.32 Å². The van der Waals surface area contributed by atoms with Gasteiger partial charge in [-0.3, -0.25) is 10.1 Å². The zero-order valence-corrected chi connectivity index (χ0v) is 12.2. The van der Waals surface area contributed by atoms with Crippen molar-refractivity contribution >= 4 is 32.6 Å². The van der Waals surface area contributed by atoms with Gasteiger partial charge in [0.25, 0.3) is 5.91 Å². The van der Waals surface area contributed by atoms with Crippen molar-refractivity contribution in [3.63, 3.8) is 0 Å². The lowest BCUT2D eigenvalue weighted by Gasteiger charge is -1.98. The fourth-order valence-electron chi connectivity index (χ4n) is 1.91. The molecule has 2 aromatic heterocycles. The van der Waals surface area contributed by atoms with E-state index in [9.17, 15) is 4.79 Å². The Morgan fingerprint density at radius 1 is 1.30 bits per heavy atom. The quantitative estimate of drug-likeness (QED) is 0.783. The van der Waals surface area contributed by atoms with Crippen molar-refractivity contribution in [2.24, 2.45) is 0 Å². The van der Waals surface area contributed by atoms with Crippen LogP contribution in [0.4, 0.5) is 5.13 Å². The highest BCUT2D eigenvalue weighted by atomic mass is 32.1. The number of nitrogens with one attached hydrogen (secondary N) is 1. The van der Waals surface area contributed by atoms with E-state index in [1.54, 1.807) is 13.0 Å². The third-order valence-electron chi connectivity index (χ3n) is 3.17. The number of fused-ring (bicyclic) bond motifs is 1. The summed E-state index contributed by atoms with van der Waals surface area (Å²) in [4.78, 5) is 16.5. The Hall–Kier alpha value is -2.21. The number of benzene rings is 1. The summed E-state index contributed by atoms with van der Waals surface area (Å²) in [5.74, 6) is 0.293. The summed E-state index contributed by atoms with van der Waals surface area (Å²) < 4.78 is 5.94. The van der Waals surface area contributed by atoms with Gasteiger partial charge in [-0.15, -0.1) is 0 Å². The summed E-state index contributed by atoms with van der Waals surface area (Å²) in [6.45, 7) is 5.82. The molecule has 0 spiro atoms. The molecule has 102 valence electrons. The van der Waals surface area contributed by atoms with Gasteiger partial charge in [0.2, 0.25) is 0 Å². The maximum absolute atomic E-state index is 12.0. The summed E-state index contributed by atoms with van der Waals surface area (Å²) in [5, 5.41) is 7.01. The van der Waals surface area contributed by atoms with E-state index in [2.05, 4.69) is 21.5 Å². The molecule has 0 aliphatic carbocycles. The predicted molar refractivity (Wildman–Crippen MR) is 78.3 cm³/mol. The highest BCUT2D eigenvalue weighted by molar-refractivity contribution is 7.22. The molecule has 3 aromatic rings. The van der Waals surface area contributed by atoms with E-state index in [0.717, 1.165) is 15.8 Å². The van der Waals surface area contributed by atoms with Crippen LogP contribution in [-0.2, 0) is 0 Å². The lowest BCUT2D eigenvalue weighted by atomic mass is 10.1. The predicted octanol–water partition coefficient (Wildman–Crippen LogP) is 3.46. The molecule has 1 amide bonds. The molecule has 0 radical (unpaired) electrons. The van der Waals surface area contributed by atoms with Gasteiger partial charge in [0.1, 0.15) is 5.76 Å². The second kappa shape index (κ2) is 4.72. The number of carbonyl (C=O) groups is 1. The summed E-state index contributed by atoms with van der Waals surface area (Å²) in [7, 11) is 0. The minimum absolute atomic E-state index is 0.259. The first-order valence-corrected chi connectivity index (χ1v) is 6.97. The second-order valence-electron chi connectivity index (χ2n) is 4.65. The molecule has 0 atom stereocenters. The summed E-state index contributed by atoms with van der Waals surface area (Å²) in [6.07, 6.45) is 0. The average molecular weight is 287 g/mol. The Bertz CT molecular complexity index is 804. The van der Waals surface area contributed by atoms with Crippen LogP contribution in [0.5, 0.6) is 0 Å². The Balaban J connectivity index is 1.92. The molecule has 6 heteroatoms. The van der Waals surface area contributed by atoms with E-state index < -0.39 is 0 Å². The molecule has 20 heavy (non-hydrogen) atoms. The highest BCUT2D eigenvalue weighted by Crippen LogP contribution is 2.29. The molecule has 0 bridgehead atoms. The average Bonchev–Trinajstić information content (AvgIpc) is 3.00. The van der Waals surface area contributed by atoms with Crippen molar-refractivity contribution in [3.8, 4) is 0 Å². The van der Waals surface area contributed by atoms with Crippen molar-refractivity contribution in [3.05, 3.63) is 40.8 Å². The molecule has 0 unspecified atom stereocenters. The van der Waals surface area contributed by atoms with Crippen molar-refractivity contribution in [2.75, 3.05) is 5.32 Å².